The third-order valence-electron chi connectivity index (χ3n) is 3.76. The molecule has 1 saturated heterocycles. The van der Waals surface area contributed by atoms with Crippen LogP contribution in [0.15, 0.2) is 34.3 Å². The zero-order chi connectivity index (χ0) is 15.2. The molecular weight excluding hydrogens is 286 g/mol. The second-order valence-corrected chi connectivity index (χ2v) is 6.31. The molecule has 1 unspecified atom stereocenters. The largest absolute Gasteiger partial charge is 0.370 e. The number of fused-ring (bicyclic) bond motifs is 2. The minimum absolute atomic E-state index is 0.0926. The molecule has 0 spiro atoms. The summed E-state index contributed by atoms with van der Waals surface area (Å²) in [5.74, 6) is -0.0491. The first-order valence-corrected chi connectivity index (χ1v) is 7.29. The lowest BCUT2D eigenvalue weighted by molar-refractivity contribution is -0.128. The van der Waals surface area contributed by atoms with Gasteiger partial charge in [-0.05, 0) is 31.6 Å². The van der Waals surface area contributed by atoms with Crippen LogP contribution in [0.25, 0.3) is 0 Å². The zero-order valence-electron chi connectivity index (χ0n) is 12.1. The van der Waals surface area contributed by atoms with Crippen molar-refractivity contribution in [1.82, 2.24) is 4.90 Å². The Morgan fingerprint density at radius 3 is 3.05 bits per heavy atom. The monoisotopic (exact) mass is 303 g/mol. The molecule has 3 aliphatic rings. The smallest absolute Gasteiger partial charge is 0.243 e. The number of carbonyl (C=O) groups excluding carboxylic acids is 1. The summed E-state index contributed by atoms with van der Waals surface area (Å²) in [5.41, 5.74) is 1.70. The van der Waals surface area contributed by atoms with Gasteiger partial charge in [0.15, 0.2) is 0 Å². The SMILES string of the molecule is C=CCN1C(=O)C2C=C3COC(C)(C)CC3=NC2=NC1=S. The van der Waals surface area contributed by atoms with Crippen molar-refractivity contribution in [2.45, 2.75) is 25.9 Å². The van der Waals surface area contributed by atoms with Gasteiger partial charge in [0.2, 0.25) is 11.0 Å². The van der Waals surface area contributed by atoms with Crippen LogP contribution in [-0.2, 0) is 9.53 Å². The Kier molecular flexibility index (Phi) is 3.37. The fourth-order valence-electron chi connectivity index (χ4n) is 2.66. The normalized spacial score (nSPS) is 27.2. The van der Waals surface area contributed by atoms with Crippen LogP contribution in [0.1, 0.15) is 20.3 Å². The fourth-order valence-corrected chi connectivity index (χ4v) is 2.92. The summed E-state index contributed by atoms with van der Waals surface area (Å²) in [6.07, 6.45) is 4.26. The molecule has 0 aliphatic carbocycles. The number of amides is 1. The maximum atomic E-state index is 12.5. The van der Waals surface area contributed by atoms with Gasteiger partial charge >= 0.3 is 0 Å². The highest BCUT2D eigenvalue weighted by atomic mass is 32.1. The number of carbonyl (C=O) groups is 1. The summed E-state index contributed by atoms with van der Waals surface area (Å²) in [6, 6.07) is 0. The highest BCUT2D eigenvalue weighted by Gasteiger charge is 2.39. The van der Waals surface area contributed by atoms with Crippen LogP contribution in [0.2, 0.25) is 0 Å². The Hall–Kier alpha value is -1.66. The van der Waals surface area contributed by atoms with Crippen molar-refractivity contribution < 1.29 is 9.53 Å². The van der Waals surface area contributed by atoms with Crippen molar-refractivity contribution in [3.05, 3.63) is 24.3 Å². The number of rotatable bonds is 2. The summed E-state index contributed by atoms with van der Waals surface area (Å²) in [6.45, 7) is 8.56. The Bertz CT molecular complexity index is 631. The topological polar surface area (TPSA) is 54.3 Å². The second kappa shape index (κ2) is 4.96. The number of amidine groups is 1. The molecule has 1 amide bonds. The van der Waals surface area contributed by atoms with E-state index in [1.54, 1.807) is 6.08 Å². The molecule has 6 heteroatoms. The minimum atomic E-state index is -0.458. The average Bonchev–Trinajstić information content (AvgIpc) is 2.41. The first-order chi connectivity index (χ1) is 9.91. The Morgan fingerprint density at radius 1 is 1.57 bits per heavy atom. The number of hydrogen-bond donors (Lipinski definition) is 0. The molecule has 0 aromatic rings. The molecule has 5 nitrogen and oxygen atoms in total. The van der Waals surface area contributed by atoms with E-state index in [2.05, 4.69) is 16.6 Å². The third-order valence-corrected chi connectivity index (χ3v) is 4.07. The molecule has 1 fully saturated rings. The van der Waals surface area contributed by atoms with Gasteiger partial charge < -0.3 is 4.74 Å². The van der Waals surface area contributed by atoms with Crippen LogP contribution in [-0.4, -0.2) is 46.2 Å². The van der Waals surface area contributed by atoms with Crippen LogP contribution in [0.3, 0.4) is 0 Å². The van der Waals surface area contributed by atoms with Gasteiger partial charge in [-0.1, -0.05) is 12.2 Å². The van der Waals surface area contributed by atoms with Crippen molar-refractivity contribution >= 4 is 34.8 Å². The molecule has 110 valence electrons. The molecule has 0 bridgehead atoms. The van der Waals surface area contributed by atoms with Gasteiger partial charge in [-0.2, -0.15) is 0 Å². The van der Waals surface area contributed by atoms with E-state index < -0.39 is 5.92 Å². The molecule has 0 aromatic carbocycles. The molecule has 21 heavy (non-hydrogen) atoms. The molecule has 3 rings (SSSR count). The first-order valence-electron chi connectivity index (χ1n) is 6.89. The predicted molar refractivity (Wildman–Crippen MR) is 85.6 cm³/mol. The molecule has 0 saturated carbocycles. The summed E-state index contributed by atoms with van der Waals surface area (Å²) >= 11 is 5.18. The molecule has 3 heterocycles. The van der Waals surface area contributed by atoms with E-state index in [0.717, 1.165) is 11.3 Å². The van der Waals surface area contributed by atoms with Crippen LogP contribution in [0.5, 0.6) is 0 Å². The van der Waals surface area contributed by atoms with Crippen LogP contribution in [0.4, 0.5) is 0 Å². The number of dihydropyridines is 1. The van der Waals surface area contributed by atoms with E-state index in [1.807, 2.05) is 19.9 Å². The fraction of sp³-hybridized carbons (Fsp3) is 0.467. The van der Waals surface area contributed by atoms with E-state index in [-0.39, 0.29) is 16.6 Å². The number of aliphatic imine (C=N–C) groups is 2. The minimum Gasteiger partial charge on any atom is -0.370 e. The highest BCUT2D eigenvalue weighted by Crippen LogP contribution is 2.31. The Labute approximate surface area is 129 Å². The Morgan fingerprint density at radius 2 is 2.33 bits per heavy atom. The van der Waals surface area contributed by atoms with Gasteiger partial charge in [0.25, 0.3) is 0 Å². The first kappa shape index (κ1) is 14.3. The number of nitrogens with zero attached hydrogens (tertiary/aromatic N) is 3. The lowest BCUT2D eigenvalue weighted by atomic mass is 9.88. The van der Waals surface area contributed by atoms with Crippen molar-refractivity contribution in [2.24, 2.45) is 15.9 Å². The number of ether oxygens (including phenoxy) is 1. The Balaban J connectivity index is 1.97. The second-order valence-electron chi connectivity index (χ2n) is 5.94. The standard InChI is InChI=1S/C15H17N3O2S/c1-4-5-18-13(19)10-6-9-8-20-15(2,3)7-11(9)16-12(10)17-14(18)21/h4,6,10H,1,5,7-8H2,2-3H3. The number of thiocarbonyl (C=S) groups is 1. The molecule has 0 N–H and O–H groups in total. The van der Waals surface area contributed by atoms with Gasteiger partial charge in [0, 0.05) is 13.0 Å². The molecular formula is C15H17N3O2S. The van der Waals surface area contributed by atoms with Crippen LogP contribution in [0, 0.1) is 5.92 Å². The van der Waals surface area contributed by atoms with E-state index in [4.69, 9.17) is 17.0 Å². The van der Waals surface area contributed by atoms with Crippen molar-refractivity contribution in [1.29, 1.82) is 0 Å². The van der Waals surface area contributed by atoms with Crippen molar-refractivity contribution in [3.63, 3.8) is 0 Å². The van der Waals surface area contributed by atoms with Gasteiger partial charge in [0.1, 0.15) is 11.8 Å². The van der Waals surface area contributed by atoms with E-state index >= 15 is 0 Å². The summed E-state index contributed by atoms with van der Waals surface area (Å²) in [4.78, 5) is 22.9. The summed E-state index contributed by atoms with van der Waals surface area (Å²) in [5, 5.41) is 0.263. The van der Waals surface area contributed by atoms with Gasteiger partial charge in [-0.3, -0.25) is 9.69 Å². The predicted octanol–water partition coefficient (Wildman–Crippen LogP) is 1.89. The lowest BCUT2D eigenvalue weighted by Gasteiger charge is -2.36. The van der Waals surface area contributed by atoms with E-state index in [1.165, 1.54) is 4.90 Å². The summed E-state index contributed by atoms with van der Waals surface area (Å²) < 4.78 is 5.79. The van der Waals surface area contributed by atoms with Crippen LogP contribution < -0.4 is 0 Å². The molecule has 1 atom stereocenters. The van der Waals surface area contributed by atoms with Crippen molar-refractivity contribution in [3.8, 4) is 0 Å². The summed E-state index contributed by atoms with van der Waals surface area (Å²) in [7, 11) is 0. The third kappa shape index (κ3) is 2.49. The van der Waals surface area contributed by atoms with E-state index in [9.17, 15) is 4.79 Å². The quantitative estimate of drug-likeness (QED) is 0.578. The lowest BCUT2D eigenvalue weighted by Crippen LogP contribution is -2.48. The molecule has 0 aromatic heterocycles. The molecule has 0 radical (unpaired) electrons. The van der Waals surface area contributed by atoms with Gasteiger partial charge in [0.05, 0.1) is 17.9 Å². The molecule has 3 aliphatic heterocycles. The van der Waals surface area contributed by atoms with Gasteiger partial charge in [-0.15, -0.1) is 6.58 Å². The highest BCUT2D eigenvalue weighted by molar-refractivity contribution is 7.80. The van der Waals surface area contributed by atoms with E-state index in [0.29, 0.717) is 25.4 Å². The number of hydrogen-bond acceptors (Lipinski definition) is 4. The zero-order valence-corrected chi connectivity index (χ0v) is 12.9. The van der Waals surface area contributed by atoms with Crippen LogP contribution >= 0.6 is 12.2 Å². The maximum absolute atomic E-state index is 12.5. The van der Waals surface area contributed by atoms with Crippen molar-refractivity contribution in [2.75, 3.05) is 13.2 Å². The maximum Gasteiger partial charge on any atom is 0.243 e. The van der Waals surface area contributed by atoms with Gasteiger partial charge in [-0.25, -0.2) is 9.98 Å². The average molecular weight is 303 g/mol.